The molecule has 156 valence electrons. The first-order valence-corrected chi connectivity index (χ1v) is 10.0. The van der Waals surface area contributed by atoms with Gasteiger partial charge in [-0.1, -0.05) is 48.5 Å². The molecular weight excluding hydrogens is 378 g/mol. The molecule has 5 heteroatoms. The summed E-state index contributed by atoms with van der Waals surface area (Å²) in [6, 6.07) is 22.7. The summed E-state index contributed by atoms with van der Waals surface area (Å²) in [7, 11) is 4.90. The van der Waals surface area contributed by atoms with Gasteiger partial charge in [0.15, 0.2) is 11.5 Å². The molecule has 5 nitrogen and oxygen atoms in total. The van der Waals surface area contributed by atoms with Gasteiger partial charge in [0.1, 0.15) is 11.9 Å². The summed E-state index contributed by atoms with van der Waals surface area (Å²) < 4.78 is 23.0. The number of nitrogens with zero attached hydrogens (tertiary/aromatic N) is 1. The van der Waals surface area contributed by atoms with Crippen LogP contribution in [0.3, 0.4) is 0 Å². The van der Waals surface area contributed by atoms with Gasteiger partial charge < -0.3 is 18.9 Å². The van der Waals surface area contributed by atoms with Crippen LogP contribution in [0.25, 0.3) is 0 Å². The van der Waals surface area contributed by atoms with Crippen molar-refractivity contribution in [2.75, 3.05) is 27.9 Å². The fourth-order valence-electron chi connectivity index (χ4n) is 3.93. The van der Waals surface area contributed by atoms with Crippen molar-refractivity contribution in [1.82, 2.24) is 4.90 Å². The molecule has 30 heavy (non-hydrogen) atoms. The average Bonchev–Trinajstić information content (AvgIpc) is 2.98. The fraction of sp³-hybridized carbons (Fsp3) is 0.280. The van der Waals surface area contributed by atoms with Crippen LogP contribution in [0.2, 0.25) is 0 Å². The zero-order valence-corrected chi connectivity index (χ0v) is 17.6. The molecule has 0 spiro atoms. The molecular formula is C25H27NO4. The van der Waals surface area contributed by atoms with E-state index in [1.54, 1.807) is 21.3 Å². The number of rotatable bonds is 6. The maximum Gasteiger partial charge on any atom is 0.203 e. The van der Waals surface area contributed by atoms with Crippen LogP contribution in [0.15, 0.2) is 66.7 Å². The predicted octanol–water partition coefficient (Wildman–Crippen LogP) is 4.85. The Morgan fingerprint density at radius 3 is 2.20 bits per heavy atom. The average molecular weight is 405 g/mol. The summed E-state index contributed by atoms with van der Waals surface area (Å²) >= 11 is 0. The van der Waals surface area contributed by atoms with Gasteiger partial charge in [-0.2, -0.15) is 0 Å². The van der Waals surface area contributed by atoms with Gasteiger partial charge in [0, 0.05) is 25.2 Å². The zero-order valence-electron chi connectivity index (χ0n) is 17.6. The minimum atomic E-state index is -0.0445. The van der Waals surface area contributed by atoms with E-state index in [9.17, 15) is 0 Å². The Balaban J connectivity index is 1.66. The molecule has 0 bridgehead atoms. The Morgan fingerprint density at radius 2 is 1.53 bits per heavy atom. The van der Waals surface area contributed by atoms with Crippen LogP contribution in [0.4, 0.5) is 0 Å². The van der Waals surface area contributed by atoms with E-state index in [0.29, 0.717) is 17.2 Å². The molecule has 1 heterocycles. The topological polar surface area (TPSA) is 40.2 Å². The van der Waals surface area contributed by atoms with Crippen molar-refractivity contribution < 1.29 is 18.9 Å². The third-order valence-electron chi connectivity index (χ3n) is 5.36. The molecule has 0 saturated heterocycles. The lowest BCUT2D eigenvalue weighted by atomic mass is 10.1. The fourth-order valence-corrected chi connectivity index (χ4v) is 3.93. The van der Waals surface area contributed by atoms with Crippen LogP contribution in [0.1, 0.15) is 22.8 Å². The Labute approximate surface area is 177 Å². The third kappa shape index (κ3) is 4.21. The van der Waals surface area contributed by atoms with Crippen molar-refractivity contribution in [2.45, 2.75) is 19.2 Å². The second kappa shape index (κ2) is 9.09. The number of fused-ring (bicyclic) bond motifs is 1. The van der Waals surface area contributed by atoms with Gasteiger partial charge in [-0.05, 0) is 29.3 Å². The van der Waals surface area contributed by atoms with Crippen molar-refractivity contribution in [1.29, 1.82) is 0 Å². The first-order chi connectivity index (χ1) is 14.7. The predicted molar refractivity (Wildman–Crippen MR) is 116 cm³/mol. The van der Waals surface area contributed by atoms with Crippen molar-refractivity contribution in [3.05, 3.63) is 83.4 Å². The van der Waals surface area contributed by atoms with E-state index in [-0.39, 0.29) is 6.10 Å². The summed E-state index contributed by atoms with van der Waals surface area (Å²) in [4.78, 5) is 2.39. The van der Waals surface area contributed by atoms with E-state index < -0.39 is 0 Å². The highest BCUT2D eigenvalue weighted by atomic mass is 16.5. The molecule has 0 radical (unpaired) electrons. The zero-order chi connectivity index (χ0) is 20.9. The standard InChI is InChI=1S/C25H27NO4/c1-27-22-13-18(14-23(28-2)25(22)29-3)15-26-16-20-11-7-8-12-21(20)30-24(17-26)19-9-5-4-6-10-19/h4-14,24H,15-17H2,1-3H3. The SMILES string of the molecule is COc1cc(CN2Cc3ccccc3OC(c3ccccc3)C2)cc(OC)c1OC. The Kier molecular flexibility index (Phi) is 6.10. The van der Waals surface area contributed by atoms with Crippen molar-refractivity contribution in [2.24, 2.45) is 0 Å². The van der Waals surface area contributed by atoms with Crippen LogP contribution in [-0.2, 0) is 13.1 Å². The smallest absolute Gasteiger partial charge is 0.203 e. The number of benzene rings is 3. The maximum absolute atomic E-state index is 6.43. The summed E-state index contributed by atoms with van der Waals surface area (Å²) in [5.41, 5.74) is 3.45. The summed E-state index contributed by atoms with van der Waals surface area (Å²) in [6.45, 7) is 2.31. The molecule has 0 aromatic heterocycles. The Hall–Kier alpha value is -3.18. The molecule has 3 aromatic carbocycles. The first-order valence-electron chi connectivity index (χ1n) is 10.0. The van der Waals surface area contributed by atoms with E-state index in [2.05, 4.69) is 41.3 Å². The normalized spacial score (nSPS) is 16.2. The third-order valence-corrected chi connectivity index (χ3v) is 5.36. The highest BCUT2D eigenvalue weighted by molar-refractivity contribution is 5.53. The largest absolute Gasteiger partial charge is 0.493 e. The Bertz CT molecular complexity index is 964. The van der Waals surface area contributed by atoms with Crippen molar-refractivity contribution in [3.63, 3.8) is 0 Å². The highest BCUT2D eigenvalue weighted by Crippen LogP contribution is 2.39. The lowest BCUT2D eigenvalue weighted by Gasteiger charge is -2.25. The quantitative estimate of drug-likeness (QED) is 0.586. The van der Waals surface area contributed by atoms with Gasteiger partial charge in [-0.3, -0.25) is 4.90 Å². The summed E-state index contributed by atoms with van der Waals surface area (Å²) in [6.07, 6.45) is -0.0445. The van der Waals surface area contributed by atoms with Crippen LogP contribution < -0.4 is 18.9 Å². The number of methoxy groups -OCH3 is 3. The number of hydrogen-bond acceptors (Lipinski definition) is 5. The summed E-state index contributed by atoms with van der Waals surface area (Å²) in [5, 5.41) is 0. The van der Waals surface area contributed by atoms with E-state index in [1.165, 1.54) is 11.1 Å². The number of hydrogen-bond donors (Lipinski definition) is 0. The van der Waals surface area contributed by atoms with Crippen molar-refractivity contribution in [3.8, 4) is 23.0 Å². The van der Waals surface area contributed by atoms with Crippen LogP contribution in [0, 0.1) is 0 Å². The summed E-state index contributed by atoms with van der Waals surface area (Å²) in [5.74, 6) is 2.88. The minimum Gasteiger partial charge on any atom is -0.493 e. The molecule has 0 fully saturated rings. The van der Waals surface area contributed by atoms with Gasteiger partial charge in [0.25, 0.3) is 0 Å². The molecule has 1 aliphatic rings. The molecule has 0 N–H and O–H groups in total. The van der Waals surface area contributed by atoms with Gasteiger partial charge in [0.05, 0.1) is 21.3 Å². The molecule has 1 atom stereocenters. The Morgan fingerprint density at radius 1 is 0.867 bits per heavy atom. The number of para-hydroxylation sites is 1. The minimum absolute atomic E-state index is 0.0445. The van der Waals surface area contributed by atoms with Gasteiger partial charge >= 0.3 is 0 Å². The second-order valence-electron chi connectivity index (χ2n) is 7.33. The molecule has 0 amide bonds. The van der Waals surface area contributed by atoms with Crippen LogP contribution in [-0.4, -0.2) is 32.8 Å². The lowest BCUT2D eigenvalue weighted by molar-refractivity contribution is 0.144. The monoisotopic (exact) mass is 405 g/mol. The van der Waals surface area contributed by atoms with E-state index in [1.807, 2.05) is 30.3 Å². The molecule has 3 aromatic rings. The molecule has 0 aliphatic carbocycles. The van der Waals surface area contributed by atoms with Crippen LogP contribution >= 0.6 is 0 Å². The number of ether oxygens (including phenoxy) is 4. The van der Waals surface area contributed by atoms with E-state index in [0.717, 1.165) is 30.9 Å². The molecule has 1 unspecified atom stereocenters. The van der Waals surface area contributed by atoms with Gasteiger partial charge in [-0.15, -0.1) is 0 Å². The van der Waals surface area contributed by atoms with Gasteiger partial charge in [0.2, 0.25) is 5.75 Å². The molecule has 0 saturated carbocycles. The van der Waals surface area contributed by atoms with Gasteiger partial charge in [-0.25, -0.2) is 0 Å². The highest BCUT2D eigenvalue weighted by Gasteiger charge is 2.25. The maximum atomic E-state index is 6.43. The molecule has 1 aliphatic heterocycles. The molecule has 4 rings (SSSR count). The van der Waals surface area contributed by atoms with E-state index in [4.69, 9.17) is 18.9 Å². The van der Waals surface area contributed by atoms with Crippen molar-refractivity contribution >= 4 is 0 Å². The lowest BCUT2D eigenvalue weighted by Crippen LogP contribution is -2.27. The first kappa shape index (κ1) is 20.1. The second-order valence-corrected chi connectivity index (χ2v) is 7.33. The van der Waals surface area contributed by atoms with Crippen LogP contribution in [0.5, 0.6) is 23.0 Å². The van der Waals surface area contributed by atoms with E-state index >= 15 is 0 Å².